The number of methoxy groups -OCH3 is 1. The third-order valence-electron chi connectivity index (χ3n) is 4.51. The molecule has 0 unspecified atom stereocenters. The highest BCUT2D eigenvalue weighted by molar-refractivity contribution is 5.92. The maximum absolute atomic E-state index is 12.4. The second kappa shape index (κ2) is 10.7. The number of rotatable bonds is 9. The van der Waals surface area contributed by atoms with Crippen LogP contribution in [0.3, 0.4) is 0 Å². The molecule has 0 saturated heterocycles. The molecule has 6 nitrogen and oxygen atoms in total. The maximum Gasteiger partial charge on any atom is 0.224 e. The summed E-state index contributed by atoms with van der Waals surface area (Å²) in [6, 6.07) is 22.1. The molecular weight excluding hydrogens is 392 g/mol. The number of aryl methyl sites for hydroxylation is 1. The van der Waals surface area contributed by atoms with Gasteiger partial charge in [0.15, 0.2) is 17.2 Å². The molecule has 31 heavy (non-hydrogen) atoms. The molecule has 0 aliphatic carbocycles. The molecule has 0 heterocycles. The number of hydrogen-bond donors (Lipinski definition) is 1. The molecular formula is C25H24N2O4. The van der Waals surface area contributed by atoms with Crippen molar-refractivity contribution < 1.29 is 19.0 Å². The van der Waals surface area contributed by atoms with Crippen molar-refractivity contribution in [1.29, 1.82) is 5.26 Å². The number of nitrogens with one attached hydrogen (secondary N) is 1. The molecule has 3 rings (SSSR count). The Morgan fingerprint density at radius 1 is 1.00 bits per heavy atom. The smallest absolute Gasteiger partial charge is 0.224 e. The molecule has 158 valence electrons. The highest BCUT2D eigenvalue weighted by atomic mass is 16.5. The van der Waals surface area contributed by atoms with Crippen molar-refractivity contribution in [2.45, 2.75) is 19.8 Å². The fourth-order valence-corrected chi connectivity index (χ4v) is 2.88. The predicted molar refractivity (Wildman–Crippen MR) is 119 cm³/mol. The van der Waals surface area contributed by atoms with Crippen LogP contribution in [0.5, 0.6) is 23.0 Å². The van der Waals surface area contributed by atoms with Gasteiger partial charge in [-0.05, 0) is 49.7 Å². The molecule has 0 atom stereocenters. The topological polar surface area (TPSA) is 80.6 Å². The fraction of sp³-hybridized carbons (Fsp3) is 0.200. The first-order valence-corrected chi connectivity index (χ1v) is 9.93. The number of nitrogens with zero attached hydrogens (tertiary/aromatic N) is 1. The van der Waals surface area contributed by atoms with Crippen molar-refractivity contribution in [3.8, 4) is 29.1 Å². The lowest BCUT2D eigenvalue weighted by molar-refractivity contribution is -0.116. The number of hydrogen-bond acceptors (Lipinski definition) is 5. The Bertz CT molecular complexity index is 1070. The number of carbonyl (C=O) groups excluding carboxylic acids is 1. The minimum absolute atomic E-state index is 0.129. The van der Waals surface area contributed by atoms with Crippen LogP contribution in [0.4, 0.5) is 5.69 Å². The summed E-state index contributed by atoms with van der Waals surface area (Å²) in [7, 11) is 1.52. The molecule has 0 fully saturated rings. The van der Waals surface area contributed by atoms with Crippen molar-refractivity contribution in [2.24, 2.45) is 0 Å². The molecule has 1 amide bonds. The largest absolute Gasteiger partial charge is 0.493 e. The van der Waals surface area contributed by atoms with Gasteiger partial charge in [-0.2, -0.15) is 5.26 Å². The summed E-state index contributed by atoms with van der Waals surface area (Å²) >= 11 is 0. The number of amides is 1. The normalized spacial score (nSPS) is 10.1. The van der Waals surface area contributed by atoms with Gasteiger partial charge in [0.2, 0.25) is 5.91 Å². The van der Waals surface area contributed by atoms with Gasteiger partial charge in [-0.3, -0.25) is 4.79 Å². The molecule has 0 aromatic heterocycles. The van der Waals surface area contributed by atoms with Crippen LogP contribution in [0.15, 0.2) is 66.7 Å². The summed E-state index contributed by atoms with van der Waals surface area (Å²) in [5.74, 6) is 2.19. The number of carbonyl (C=O) groups is 1. The van der Waals surface area contributed by atoms with E-state index in [1.807, 2.05) is 49.4 Å². The van der Waals surface area contributed by atoms with Gasteiger partial charge in [-0.15, -0.1) is 0 Å². The zero-order valence-corrected chi connectivity index (χ0v) is 17.6. The molecule has 6 heteroatoms. The van der Waals surface area contributed by atoms with Gasteiger partial charge in [-0.25, -0.2) is 0 Å². The number of nitriles is 1. The monoisotopic (exact) mass is 416 g/mol. The summed E-state index contributed by atoms with van der Waals surface area (Å²) in [6.45, 7) is 2.36. The number of benzene rings is 3. The molecule has 1 N–H and O–H groups in total. The van der Waals surface area contributed by atoms with Gasteiger partial charge in [0.25, 0.3) is 0 Å². The van der Waals surface area contributed by atoms with Crippen molar-refractivity contribution in [2.75, 3.05) is 19.0 Å². The molecule has 0 bridgehead atoms. The third-order valence-corrected chi connectivity index (χ3v) is 4.51. The van der Waals surface area contributed by atoms with Crippen LogP contribution in [-0.4, -0.2) is 19.6 Å². The standard InChI is InChI=1S/C25H24N2O4/c1-18-9-12-20(13-10-18)31-22-7-4-3-6-21(22)27-25(28)8-5-15-30-23-14-11-19(17-26)16-24(23)29-2/h3-4,6-7,9-14,16H,5,8,15H2,1-2H3,(H,27,28). The Hall–Kier alpha value is -3.98. The van der Waals surface area contributed by atoms with Crippen LogP contribution in [0.1, 0.15) is 24.0 Å². The van der Waals surface area contributed by atoms with Crippen molar-refractivity contribution in [3.05, 3.63) is 77.9 Å². The highest BCUT2D eigenvalue weighted by Gasteiger charge is 2.10. The Kier molecular flexibility index (Phi) is 7.50. The summed E-state index contributed by atoms with van der Waals surface area (Å²) < 4.78 is 16.9. The van der Waals surface area contributed by atoms with E-state index in [1.54, 1.807) is 24.3 Å². The second-order valence-corrected chi connectivity index (χ2v) is 6.89. The second-order valence-electron chi connectivity index (χ2n) is 6.89. The van der Waals surface area contributed by atoms with E-state index in [2.05, 4.69) is 11.4 Å². The van der Waals surface area contributed by atoms with Gasteiger partial charge in [0.1, 0.15) is 5.75 Å². The van der Waals surface area contributed by atoms with Gasteiger partial charge < -0.3 is 19.5 Å². The number of para-hydroxylation sites is 2. The molecule has 0 aliphatic rings. The van der Waals surface area contributed by atoms with Crippen LogP contribution in [0.25, 0.3) is 0 Å². The summed E-state index contributed by atoms with van der Waals surface area (Å²) in [6.07, 6.45) is 0.813. The van der Waals surface area contributed by atoms with E-state index in [0.29, 0.717) is 47.3 Å². The zero-order chi connectivity index (χ0) is 22.1. The van der Waals surface area contributed by atoms with E-state index in [0.717, 1.165) is 5.56 Å². The van der Waals surface area contributed by atoms with Gasteiger partial charge in [0, 0.05) is 12.5 Å². The Balaban J connectivity index is 1.51. The lowest BCUT2D eigenvalue weighted by atomic mass is 10.2. The number of anilines is 1. The fourth-order valence-electron chi connectivity index (χ4n) is 2.88. The van der Waals surface area contributed by atoms with Crippen LogP contribution in [0.2, 0.25) is 0 Å². The summed E-state index contributed by atoms with van der Waals surface area (Å²) in [5.41, 5.74) is 2.26. The molecule has 0 aliphatic heterocycles. The molecule has 3 aromatic rings. The first-order chi connectivity index (χ1) is 15.1. The lowest BCUT2D eigenvalue weighted by Gasteiger charge is -2.13. The lowest BCUT2D eigenvalue weighted by Crippen LogP contribution is -2.13. The summed E-state index contributed by atoms with van der Waals surface area (Å²) in [4.78, 5) is 12.4. The third kappa shape index (κ3) is 6.25. The SMILES string of the molecule is COc1cc(C#N)ccc1OCCCC(=O)Nc1ccccc1Oc1ccc(C)cc1. The summed E-state index contributed by atoms with van der Waals surface area (Å²) in [5, 5.41) is 11.9. The van der Waals surface area contributed by atoms with E-state index in [1.165, 1.54) is 7.11 Å². The van der Waals surface area contributed by atoms with E-state index in [4.69, 9.17) is 19.5 Å². The van der Waals surface area contributed by atoms with Gasteiger partial charge >= 0.3 is 0 Å². The minimum Gasteiger partial charge on any atom is -0.493 e. The van der Waals surface area contributed by atoms with E-state index < -0.39 is 0 Å². The van der Waals surface area contributed by atoms with Crippen LogP contribution >= 0.6 is 0 Å². The van der Waals surface area contributed by atoms with Crippen LogP contribution in [-0.2, 0) is 4.79 Å². The molecule has 3 aromatic carbocycles. The van der Waals surface area contributed by atoms with Crippen LogP contribution < -0.4 is 19.5 Å². The van der Waals surface area contributed by atoms with Crippen molar-refractivity contribution in [1.82, 2.24) is 0 Å². The quantitative estimate of drug-likeness (QED) is 0.468. The van der Waals surface area contributed by atoms with Crippen LogP contribution in [0, 0.1) is 18.3 Å². The zero-order valence-electron chi connectivity index (χ0n) is 17.6. The maximum atomic E-state index is 12.4. The first kappa shape index (κ1) is 21.7. The number of ether oxygens (including phenoxy) is 3. The average molecular weight is 416 g/mol. The first-order valence-electron chi connectivity index (χ1n) is 9.93. The van der Waals surface area contributed by atoms with Crippen molar-refractivity contribution in [3.63, 3.8) is 0 Å². The minimum atomic E-state index is -0.129. The molecule has 0 saturated carbocycles. The Morgan fingerprint density at radius 2 is 1.77 bits per heavy atom. The van der Waals surface area contributed by atoms with Gasteiger partial charge in [0.05, 0.1) is 31.0 Å². The highest BCUT2D eigenvalue weighted by Crippen LogP contribution is 2.30. The average Bonchev–Trinajstić information content (AvgIpc) is 2.79. The van der Waals surface area contributed by atoms with Crippen molar-refractivity contribution >= 4 is 11.6 Å². The van der Waals surface area contributed by atoms with Gasteiger partial charge in [-0.1, -0.05) is 29.8 Å². The van der Waals surface area contributed by atoms with E-state index in [-0.39, 0.29) is 12.3 Å². The Labute approximate surface area is 182 Å². The Morgan fingerprint density at radius 3 is 2.52 bits per heavy atom. The molecule has 0 spiro atoms. The van der Waals surface area contributed by atoms with E-state index in [9.17, 15) is 4.79 Å². The van der Waals surface area contributed by atoms with E-state index >= 15 is 0 Å². The molecule has 0 radical (unpaired) electrons. The predicted octanol–water partition coefficient (Wildman–Crippen LogP) is 5.47.